The highest BCUT2D eigenvalue weighted by molar-refractivity contribution is 6.21. The summed E-state index contributed by atoms with van der Waals surface area (Å²) in [7, 11) is 1.82. The van der Waals surface area contributed by atoms with Gasteiger partial charge in [-0.15, -0.1) is 0 Å². The number of hydrogen-bond donors (Lipinski definition) is 1. The van der Waals surface area contributed by atoms with Crippen molar-refractivity contribution in [1.29, 1.82) is 0 Å². The van der Waals surface area contributed by atoms with Gasteiger partial charge in [0.2, 0.25) is 5.96 Å². The molecule has 6 rings (SSSR count). The van der Waals surface area contributed by atoms with Crippen LogP contribution in [-0.2, 0) is 6.54 Å². The van der Waals surface area contributed by atoms with Crippen molar-refractivity contribution >= 4 is 29.2 Å². The van der Waals surface area contributed by atoms with Crippen LogP contribution >= 0.6 is 0 Å². The maximum absolute atomic E-state index is 13.5. The molecule has 31 heavy (non-hydrogen) atoms. The number of nitrogens with zero attached hydrogens (tertiary/aromatic N) is 5. The Morgan fingerprint density at radius 2 is 1.77 bits per heavy atom. The zero-order valence-electron chi connectivity index (χ0n) is 17.4. The lowest BCUT2D eigenvalue weighted by Crippen LogP contribution is -2.52. The van der Waals surface area contributed by atoms with Gasteiger partial charge in [-0.2, -0.15) is 5.10 Å². The Hall–Kier alpha value is -3.61. The molecule has 2 aromatic carbocycles. The van der Waals surface area contributed by atoms with Gasteiger partial charge in [0.15, 0.2) is 5.82 Å². The Bertz CT molecular complexity index is 1170. The summed E-state index contributed by atoms with van der Waals surface area (Å²) in [6, 6.07) is 20.7. The number of para-hydroxylation sites is 1. The molecule has 1 amide bonds. The summed E-state index contributed by atoms with van der Waals surface area (Å²) in [5.74, 6) is 2.14. The number of carbonyl (C=O) groups excluding carboxylic acids is 1. The van der Waals surface area contributed by atoms with Crippen LogP contribution in [0.15, 0.2) is 65.7 Å². The highest BCUT2D eigenvalue weighted by atomic mass is 16.2. The van der Waals surface area contributed by atoms with Gasteiger partial charge in [0, 0.05) is 12.7 Å². The quantitative estimate of drug-likeness (QED) is 0.707. The van der Waals surface area contributed by atoms with Crippen molar-refractivity contribution in [3.05, 3.63) is 71.8 Å². The SMILES string of the molecule is CN1C(=O)c2c(Nc3ccccc3)nn(Cc3ccccc3)c2N2C1=N[C@@H]1CCC[C@@H]12. The molecule has 1 aliphatic carbocycles. The number of benzene rings is 2. The summed E-state index contributed by atoms with van der Waals surface area (Å²) < 4.78 is 1.97. The molecule has 1 aromatic heterocycles. The first kappa shape index (κ1) is 18.2. The van der Waals surface area contributed by atoms with E-state index in [-0.39, 0.29) is 11.9 Å². The first-order valence-corrected chi connectivity index (χ1v) is 10.8. The predicted molar refractivity (Wildman–Crippen MR) is 121 cm³/mol. The highest BCUT2D eigenvalue weighted by Crippen LogP contribution is 2.43. The van der Waals surface area contributed by atoms with Gasteiger partial charge in [-0.25, -0.2) is 9.67 Å². The normalized spacial score (nSPS) is 21.6. The van der Waals surface area contributed by atoms with Gasteiger partial charge >= 0.3 is 0 Å². The number of carbonyl (C=O) groups is 1. The number of aromatic nitrogens is 2. The van der Waals surface area contributed by atoms with Crippen LogP contribution in [0, 0.1) is 0 Å². The Balaban J connectivity index is 1.51. The van der Waals surface area contributed by atoms with Crippen LogP contribution in [-0.4, -0.2) is 45.7 Å². The third kappa shape index (κ3) is 2.84. The Morgan fingerprint density at radius 3 is 2.55 bits per heavy atom. The molecule has 1 N–H and O–H groups in total. The first-order valence-electron chi connectivity index (χ1n) is 10.8. The number of aliphatic imine (C=N–C) groups is 1. The Morgan fingerprint density at radius 1 is 1.03 bits per heavy atom. The van der Waals surface area contributed by atoms with E-state index >= 15 is 0 Å². The Labute approximate surface area is 181 Å². The van der Waals surface area contributed by atoms with Gasteiger partial charge in [-0.1, -0.05) is 48.5 Å². The van der Waals surface area contributed by atoms with Crippen molar-refractivity contribution in [2.24, 2.45) is 4.99 Å². The average Bonchev–Trinajstić information content (AvgIpc) is 3.47. The fourth-order valence-corrected chi connectivity index (χ4v) is 5.00. The molecule has 0 saturated heterocycles. The van der Waals surface area contributed by atoms with Gasteiger partial charge in [-0.3, -0.25) is 14.6 Å². The minimum atomic E-state index is -0.0669. The van der Waals surface area contributed by atoms with E-state index in [4.69, 9.17) is 10.1 Å². The van der Waals surface area contributed by atoms with E-state index in [2.05, 4.69) is 22.3 Å². The second kappa shape index (κ2) is 6.97. The molecule has 3 aliphatic rings. The molecule has 2 atom stereocenters. The summed E-state index contributed by atoms with van der Waals surface area (Å²) in [4.78, 5) is 22.4. The van der Waals surface area contributed by atoms with Crippen LogP contribution < -0.4 is 10.2 Å². The minimum absolute atomic E-state index is 0.0669. The molecule has 3 aromatic rings. The number of anilines is 3. The fourth-order valence-electron chi connectivity index (χ4n) is 5.00. The van der Waals surface area contributed by atoms with E-state index in [0.29, 0.717) is 24.0 Å². The third-order valence-electron chi connectivity index (χ3n) is 6.46. The Kier molecular flexibility index (Phi) is 4.09. The molecule has 0 unspecified atom stereocenters. The molecule has 1 saturated carbocycles. The van der Waals surface area contributed by atoms with Crippen molar-refractivity contribution in [3.8, 4) is 0 Å². The number of guanidine groups is 1. The zero-order chi connectivity index (χ0) is 20.9. The van der Waals surface area contributed by atoms with E-state index < -0.39 is 0 Å². The third-order valence-corrected chi connectivity index (χ3v) is 6.46. The van der Waals surface area contributed by atoms with Crippen molar-refractivity contribution in [2.75, 3.05) is 17.3 Å². The largest absolute Gasteiger partial charge is 0.338 e. The maximum Gasteiger partial charge on any atom is 0.267 e. The van der Waals surface area contributed by atoms with E-state index in [9.17, 15) is 4.79 Å². The summed E-state index contributed by atoms with van der Waals surface area (Å²) >= 11 is 0. The zero-order valence-corrected chi connectivity index (χ0v) is 17.4. The van der Waals surface area contributed by atoms with Gasteiger partial charge in [0.1, 0.15) is 11.4 Å². The van der Waals surface area contributed by atoms with Gasteiger partial charge in [0.05, 0.1) is 18.6 Å². The summed E-state index contributed by atoms with van der Waals surface area (Å²) in [5, 5.41) is 8.29. The van der Waals surface area contributed by atoms with E-state index in [0.717, 1.165) is 42.3 Å². The second-order valence-electron chi connectivity index (χ2n) is 8.41. The van der Waals surface area contributed by atoms with E-state index in [1.54, 1.807) is 4.90 Å². The number of hydrogen-bond acceptors (Lipinski definition) is 5. The summed E-state index contributed by atoms with van der Waals surface area (Å²) in [6.45, 7) is 0.595. The lowest BCUT2D eigenvalue weighted by atomic mass is 10.1. The molecule has 7 nitrogen and oxygen atoms in total. The molecular formula is C24H24N6O. The average molecular weight is 412 g/mol. The first-order chi connectivity index (χ1) is 15.2. The lowest BCUT2D eigenvalue weighted by molar-refractivity contribution is 0.0865. The monoisotopic (exact) mass is 412 g/mol. The topological polar surface area (TPSA) is 65.8 Å². The standard InChI is InChI=1S/C24H24N6O/c1-28-23(31)20-21(25-17-11-6-3-7-12-17)27-29(15-16-9-4-2-5-10-16)22(20)30-19-14-8-13-18(19)26-24(28)30/h2-7,9-12,18-19H,8,13-15H2,1H3,(H,25,27)/t18-,19+/m1/s1. The van der Waals surface area contributed by atoms with E-state index in [1.807, 2.05) is 60.3 Å². The van der Waals surface area contributed by atoms with Crippen molar-refractivity contribution in [3.63, 3.8) is 0 Å². The van der Waals surface area contributed by atoms with Gasteiger partial charge in [0.25, 0.3) is 5.91 Å². The molecule has 0 radical (unpaired) electrons. The predicted octanol–water partition coefficient (Wildman–Crippen LogP) is 3.86. The molecule has 3 heterocycles. The maximum atomic E-state index is 13.5. The summed E-state index contributed by atoms with van der Waals surface area (Å²) in [6.07, 6.45) is 3.32. The van der Waals surface area contributed by atoms with E-state index in [1.165, 1.54) is 0 Å². The smallest absolute Gasteiger partial charge is 0.267 e. The van der Waals surface area contributed by atoms with Crippen LogP contribution in [0.1, 0.15) is 35.2 Å². The van der Waals surface area contributed by atoms with Crippen molar-refractivity contribution in [2.45, 2.75) is 37.9 Å². The van der Waals surface area contributed by atoms with Crippen molar-refractivity contribution in [1.82, 2.24) is 14.7 Å². The van der Waals surface area contributed by atoms with Gasteiger partial charge < -0.3 is 5.32 Å². The number of amides is 1. The number of fused-ring (bicyclic) bond motifs is 5. The van der Waals surface area contributed by atoms with Crippen LogP contribution in [0.5, 0.6) is 0 Å². The molecule has 0 bridgehead atoms. The molecule has 156 valence electrons. The molecule has 7 heteroatoms. The highest BCUT2D eigenvalue weighted by Gasteiger charge is 2.49. The fraction of sp³-hybridized carbons (Fsp3) is 0.292. The molecule has 2 aliphatic heterocycles. The number of rotatable bonds is 4. The number of nitrogens with one attached hydrogen (secondary N) is 1. The minimum Gasteiger partial charge on any atom is -0.338 e. The molecule has 0 spiro atoms. The van der Waals surface area contributed by atoms with Crippen molar-refractivity contribution < 1.29 is 4.79 Å². The van der Waals surface area contributed by atoms with Crippen LogP contribution in [0.25, 0.3) is 0 Å². The lowest BCUT2D eigenvalue weighted by Gasteiger charge is -2.35. The van der Waals surface area contributed by atoms with Gasteiger partial charge in [-0.05, 0) is 37.0 Å². The molecular weight excluding hydrogens is 388 g/mol. The molecule has 1 fully saturated rings. The van der Waals surface area contributed by atoms with Crippen LogP contribution in [0.4, 0.5) is 17.3 Å². The second-order valence-corrected chi connectivity index (χ2v) is 8.41. The summed E-state index contributed by atoms with van der Waals surface area (Å²) in [5.41, 5.74) is 2.67. The van der Waals surface area contributed by atoms with Crippen LogP contribution in [0.3, 0.4) is 0 Å². The van der Waals surface area contributed by atoms with Crippen LogP contribution in [0.2, 0.25) is 0 Å².